The quantitative estimate of drug-likeness (QED) is 0.399. The Morgan fingerprint density at radius 2 is 1.93 bits per heavy atom. The maximum Gasteiger partial charge on any atom is 0.255 e. The molecule has 3 aliphatic rings. The first-order valence-corrected chi connectivity index (χ1v) is 14.9. The Labute approximate surface area is 248 Å². The molecule has 0 bridgehead atoms. The molecule has 0 radical (unpaired) electrons. The summed E-state index contributed by atoms with van der Waals surface area (Å²) in [6.45, 7) is 6.90. The van der Waals surface area contributed by atoms with Crippen LogP contribution in [0.5, 0.6) is 0 Å². The third kappa shape index (κ3) is 5.36. The second-order valence-electron chi connectivity index (χ2n) is 12.7. The minimum atomic E-state index is -0.531. The molecule has 4 heterocycles. The maximum atomic E-state index is 15.9. The Bertz CT molecular complexity index is 1610. The molecule has 4 unspecified atom stereocenters. The van der Waals surface area contributed by atoms with E-state index in [1.807, 2.05) is 6.92 Å². The number of halogens is 3. The van der Waals surface area contributed by atoms with E-state index in [4.69, 9.17) is 0 Å². The molecular formula is C31H37F3N8O. The smallest absolute Gasteiger partial charge is 0.255 e. The molecule has 1 saturated carbocycles. The van der Waals surface area contributed by atoms with Crippen LogP contribution in [-0.4, -0.2) is 52.9 Å². The van der Waals surface area contributed by atoms with Crippen molar-refractivity contribution in [2.45, 2.75) is 82.7 Å². The number of aryl methyl sites for hydroxylation is 1. The van der Waals surface area contributed by atoms with E-state index in [0.717, 1.165) is 31.4 Å². The summed E-state index contributed by atoms with van der Waals surface area (Å²) in [7, 11) is 1.75. The first kappa shape index (κ1) is 29.1. The van der Waals surface area contributed by atoms with Crippen LogP contribution in [0.2, 0.25) is 0 Å². The standard InChI is InChI=1S/C31H37F3N8O/c1-19-9-11-30(2,12-13-31(19,3)29-37-39-40(4)38-29)36-28(43)22-18-35-42-15-10-26(24(34)17-27(22)42)41-14-5-6-25(41)21-16-20(32)7-8-23(21)33/h7-8,10,15-16,18-19,25H,5-6,9,11-14,17H2,1-4H3,(H,36,43). The molecule has 43 heavy (non-hydrogen) atoms. The summed E-state index contributed by atoms with van der Waals surface area (Å²) in [5.41, 5.74) is 0.496. The highest BCUT2D eigenvalue weighted by Crippen LogP contribution is 2.44. The van der Waals surface area contributed by atoms with Crippen molar-refractivity contribution < 1.29 is 18.0 Å². The molecule has 9 nitrogen and oxygen atoms in total. The SMILES string of the molecule is CC1CCC(C)(NC(=O)c2cnn3c2CC(F)=C(N2CCCC2c2cc(F)ccc2F)C=C3)CCC1(C)c1nnn(C)n1. The summed E-state index contributed by atoms with van der Waals surface area (Å²) in [5.74, 6) is -0.806. The van der Waals surface area contributed by atoms with E-state index in [2.05, 4.69) is 39.7 Å². The number of hydrogen-bond acceptors (Lipinski definition) is 6. The van der Waals surface area contributed by atoms with Gasteiger partial charge in [-0.25, -0.2) is 17.9 Å². The Morgan fingerprint density at radius 3 is 2.70 bits per heavy atom. The van der Waals surface area contributed by atoms with Crippen LogP contribution >= 0.6 is 0 Å². The zero-order valence-electron chi connectivity index (χ0n) is 24.9. The van der Waals surface area contributed by atoms with Gasteiger partial charge in [-0.15, -0.1) is 10.2 Å². The molecule has 0 spiro atoms. The fourth-order valence-electron chi connectivity index (χ4n) is 6.82. The Morgan fingerprint density at radius 1 is 1.12 bits per heavy atom. The molecule has 228 valence electrons. The van der Waals surface area contributed by atoms with E-state index >= 15 is 4.39 Å². The molecule has 1 amide bonds. The number of likely N-dealkylation sites (tertiary alicyclic amines) is 1. The van der Waals surface area contributed by atoms with E-state index in [-0.39, 0.29) is 29.2 Å². The average molecular weight is 595 g/mol. The number of carbonyl (C=O) groups excluding carboxylic acids is 1. The summed E-state index contributed by atoms with van der Waals surface area (Å²) < 4.78 is 46.1. The van der Waals surface area contributed by atoms with Crippen LogP contribution in [0, 0.1) is 17.6 Å². The lowest BCUT2D eigenvalue weighted by atomic mass is 9.74. The lowest BCUT2D eigenvalue weighted by Gasteiger charge is -2.32. The van der Waals surface area contributed by atoms with Gasteiger partial charge in [-0.05, 0) is 80.9 Å². The molecule has 2 aliphatic heterocycles. The Balaban J connectivity index is 1.21. The van der Waals surface area contributed by atoms with Gasteiger partial charge >= 0.3 is 0 Å². The summed E-state index contributed by atoms with van der Waals surface area (Å²) in [6, 6.07) is 2.89. The fraction of sp³-hybridized carbons (Fsp3) is 0.516. The maximum absolute atomic E-state index is 15.9. The van der Waals surface area contributed by atoms with Crippen LogP contribution in [0.25, 0.3) is 6.20 Å². The highest BCUT2D eigenvalue weighted by Gasteiger charge is 2.43. The second kappa shape index (κ2) is 10.9. The summed E-state index contributed by atoms with van der Waals surface area (Å²) in [4.78, 5) is 16.9. The monoisotopic (exact) mass is 594 g/mol. The summed E-state index contributed by atoms with van der Waals surface area (Å²) in [5, 5.41) is 20.4. The molecule has 4 atom stereocenters. The molecule has 1 saturated heterocycles. The summed E-state index contributed by atoms with van der Waals surface area (Å²) >= 11 is 0. The minimum Gasteiger partial charge on any atom is -0.362 e. The Hall–Kier alpha value is -3.96. The number of hydrogen-bond donors (Lipinski definition) is 1. The van der Waals surface area contributed by atoms with Gasteiger partial charge < -0.3 is 10.2 Å². The van der Waals surface area contributed by atoms with Crippen molar-refractivity contribution in [1.29, 1.82) is 0 Å². The predicted molar refractivity (Wildman–Crippen MR) is 154 cm³/mol. The highest BCUT2D eigenvalue weighted by atomic mass is 19.1. The molecule has 12 heteroatoms. The highest BCUT2D eigenvalue weighted by molar-refractivity contribution is 5.96. The van der Waals surface area contributed by atoms with Gasteiger partial charge in [-0.1, -0.05) is 13.8 Å². The van der Waals surface area contributed by atoms with E-state index in [0.29, 0.717) is 48.6 Å². The number of carbonyl (C=O) groups is 1. The number of nitrogens with zero attached hydrogens (tertiary/aromatic N) is 7. The number of rotatable bonds is 5. The van der Waals surface area contributed by atoms with Crippen LogP contribution in [0.4, 0.5) is 13.2 Å². The van der Waals surface area contributed by atoms with Crippen molar-refractivity contribution in [2.75, 3.05) is 6.54 Å². The van der Waals surface area contributed by atoms with Gasteiger partial charge in [0.25, 0.3) is 5.91 Å². The van der Waals surface area contributed by atoms with Gasteiger partial charge in [0.15, 0.2) is 5.82 Å². The van der Waals surface area contributed by atoms with Gasteiger partial charge in [0.05, 0.1) is 36.2 Å². The lowest BCUT2D eigenvalue weighted by Crippen LogP contribution is -2.46. The normalized spacial score (nSPS) is 27.7. The van der Waals surface area contributed by atoms with Crippen LogP contribution < -0.4 is 5.32 Å². The third-order valence-corrected chi connectivity index (χ3v) is 9.84. The second-order valence-corrected chi connectivity index (χ2v) is 12.7. The number of tetrazole rings is 1. The molecule has 1 N–H and O–H groups in total. The van der Waals surface area contributed by atoms with Crippen molar-refractivity contribution >= 4 is 12.1 Å². The summed E-state index contributed by atoms with van der Waals surface area (Å²) in [6.07, 6.45) is 8.97. The van der Waals surface area contributed by atoms with Crippen molar-refractivity contribution in [3.63, 3.8) is 0 Å². The van der Waals surface area contributed by atoms with Crippen molar-refractivity contribution in [2.24, 2.45) is 13.0 Å². The van der Waals surface area contributed by atoms with Gasteiger partial charge in [-0.2, -0.15) is 9.90 Å². The molecule has 1 aliphatic carbocycles. The number of benzene rings is 1. The van der Waals surface area contributed by atoms with Gasteiger partial charge in [0, 0.05) is 35.7 Å². The van der Waals surface area contributed by atoms with E-state index in [9.17, 15) is 13.6 Å². The van der Waals surface area contributed by atoms with E-state index in [1.54, 1.807) is 24.2 Å². The zero-order chi connectivity index (χ0) is 30.5. The number of fused-ring (bicyclic) bond motifs is 1. The molecule has 2 aromatic heterocycles. The van der Waals surface area contributed by atoms with Crippen LogP contribution in [0.3, 0.4) is 0 Å². The lowest BCUT2D eigenvalue weighted by molar-refractivity contribution is 0.0895. The topological polar surface area (TPSA) is 93.8 Å². The Kier molecular flexibility index (Phi) is 7.42. The van der Waals surface area contributed by atoms with E-state index in [1.165, 1.54) is 21.7 Å². The molecule has 3 aromatic rings. The number of amides is 1. The van der Waals surface area contributed by atoms with Crippen molar-refractivity contribution in [3.05, 3.63) is 76.3 Å². The van der Waals surface area contributed by atoms with Crippen LogP contribution in [-0.2, 0) is 18.9 Å². The van der Waals surface area contributed by atoms with Crippen molar-refractivity contribution in [1.82, 2.24) is 40.2 Å². The average Bonchev–Trinajstić information content (AvgIpc) is 3.69. The first-order chi connectivity index (χ1) is 20.5. The zero-order valence-corrected chi connectivity index (χ0v) is 24.9. The molecular weight excluding hydrogens is 557 g/mol. The van der Waals surface area contributed by atoms with E-state index < -0.39 is 29.0 Å². The number of allylic oxidation sites excluding steroid dienone is 2. The number of aromatic nitrogens is 6. The van der Waals surface area contributed by atoms with Gasteiger partial charge in [0.1, 0.15) is 17.5 Å². The molecule has 6 rings (SSSR count). The van der Waals surface area contributed by atoms with Gasteiger partial charge in [0.2, 0.25) is 0 Å². The van der Waals surface area contributed by atoms with Crippen molar-refractivity contribution in [3.8, 4) is 0 Å². The largest absolute Gasteiger partial charge is 0.362 e. The fourth-order valence-corrected chi connectivity index (χ4v) is 6.82. The van der Waals surface area contributed by atoms with Crippen LogP contribution in [0.1, 0.15) is 92.8 Å². The van der Waals surface area contributed by atoms with Gasteiger partial charge in [-0.3, -0.25) is 4.79 Å². The minimum absolute atomic E-state index is 0.149. The number of nitrogens with one attached hydrogen (secondary N) is 1. The predicted octanol–water partition coefficient (Wildman–Crippen LogP) is 5.39. The molecule has 1 aromatic carbocycles. The third-order valence-electron chi connectivity index (χ3n) is 9.84. The molecule has 2 fully saturated rings. The first-order valence-electron chi connectivity index (χ1n) is 14.9. The van der Waals surface area contributed by atoms with Crippen LogP contribution in [0.15, 0.2) is 42.0 Å².